The summed E-state index contributed by atoms with van der Waals surface area (Å²) in [6.07, 6.45) is 1.18. The largest absolute Gasteiger partial charge is 0.340 e. The number of carbonyl (C=O) groups excluding carboxylic acids is 1. The molecule has 0 aromatic carbocycles. The number of aromatic amines is 1. The molecule has 0 spiro atoms. The van der Waals surface area contributed by atoms with Crippen LogP contribution in [0.5, 0.6) is 0 Å². The molecule has 8 heteroatoms. The van der Waals surface area contributed by atoms with Crippen LogP contribution in [0, 0.1) is 5.41 Å². The molecule has 0 radical (unpaired) electrons. The Morgan fingerprint density at radius 3 is 2.38 bits per heavy atom. The van der Waals surface area contributed by atoms with Gasteiger partial charge in [0.25, 0.3) is 15.0 Å². The van der Waals surface area contributed by atoms with Crippen molar-refractivity contribution in [1.82, 2.24) is 15.1 Å². The Morgan fingerprint density at radius 2 is 1.95 bits per heavy atom. The lowest BCUT2D eigenvalue weighted by atomic mass is 9.96. The van der Waals surface area contributed by atoms with Gasteiger partial charge in [0.1, 0.15) is 4.90 Å². The van der Waals surface area contributed by atoms with Gasteiger partial charge in [-0.1, -0.05) is 34.1 Å². The van der Waals surface area contributed by atoms with Crippen molar-refractivity contribution < 1.29 is 13.2 Å². The SMILES string of the molecule is CCCc1[nH]nc(C(=O)N(C)CC(C)(C)C)c1S(=O)(=O)Cl. The van der Waals surface area contributed by atoms with E-state index in [4.69, 9.17) is 10.7 Å². The van der Waals surface area contributed by atoms with Gasteiger partial charge in [-0.15, -0.1) is 0 Å². The monoisotopic (exact) mass is 335 g/mol. The zero-order valence-corrected chi connectivity index (χ0v) is 14.6. The summed E-state index contributed by atoms with van der Waals surface area (Å²) in [5, 5.41) is 6.49. The highest BCUT2D eigenvalue weighted by Crippen LogP contribution is 2.25. The molecule has 1 aromatic rings. The Balaban J connectivity index is 3.22. The highest BCUT2D eigenvalue weighted by Gasteiger charge is 2.30. The molecule has 0 atom stereocenters. The molecular formula is C13H22ClN3O3S. The Hall–Kier alpha value is -1.08. The fourth-order valence-corrected chi connectivity index (χ4v) is 3.46. The van der Waals surface area contributed by atoms with Crippen molar-refractivity contribution in [2.24, 2.45) is 5.41 Å². The smallest absolute Gasteiger partial charge is 0.275 e. The van der Waals surface area contributed by atoms with Crippen LogP contribution < -0.4 is 0 Å². The molecule has 1 heterocycles. The molecule has 1 N–H and O–H groups in total. The number of hydrogen-bond donors (Lipinski definition) is 1. The number of aromatic nitrogens is 2. The average Bonchev–Trinajstić information content (AvgIpc) is 2.69. The summed E-state index contributed by atoms with van der Waals surface area (Å²) >= 11 is 0. The van der Waals surface area contributed by atoms with E-state index in [1.54, 1.807) is 7.05 Å². The lowest BCUT2D eigenvalue weighted by Crippen LogP contribution is -2.35. The maximum absolute atomic E-state index is 12.4. The summed E-state index contributed by atoms with van der Waals surface area (Å²) in [5.41, 5.74) is 0.132. The van der Waals surface area contributed by atoms with E-state index in [1.807, 2.05) is 27.7 Å². The van der Waals surface area contributed by atoms with Gasteiger partial charge >= 0.3 is 0 Å². The van der Waals surface area contributed by atoms with E-state index in [2.05, 4.69) is 10.2 Å². The predicted octanol–water partition coefficient (Wildman–Crippen LogP) is 2.41. The fraction of sp³-hybridized carbons (Fsp3) is 0.692. The van der Waals surface area contributed by atoms with Gasteiger partial charge in [0.2, 0.25) is 0 Å². The van der Waals surface area contributed by atoms with Gasteiger partial charge in [0.05, 0.1) is 5.69 Å². The average molecular weight is 336 g/mol. The molecule has 0 aliphatic heterocycles. The Bertz CT molecular complexity index is 617. The lowest BCUT2D eigenvalue weighted by Gasteiger charge is -2.26. The number of carbonyl (C=O) groups is 1. The molecule has 120 valence electrons. The van der Waals surface area contributed by atoms with Gasteiger partial charge in [-0.25, -0.2) is 8.42 Å². The minimum atomic E-state index is -4.03. The summed E-state index contributed by atoms with van der Waals surface area (Å²) < 4.78 is 23.5. The molecule has 0 saturated heterocycles. The molecule has 1 aromatic heterocycles. The van der Waals surface area contributed by atoms with E-state index < -0.39 is 15.0 Å². The van der Waals surface area contributed by atoms with Gasteiger partial charge in [-0.05, 0) is 11.8 Å². The van der Waals surface area contributed by atoms with E-state index in [-0.39, 0.29) is 16.0 Å². The molecule has 6 nitrogen and oxygen atoms in total. The Kier molecular flexibility index (Phi) is 5.44. The third-order valence-corrected chi connectivity index (χ3v) is 4.19. The summed E-state index contributed by atoms with van der Waals surface area (Å²) in [5.74, 6) is -0.456. The quantitative estimate of drug-likeness (QED) is 0.837. The predicted molar refractivity (Wildman–Crippen MR) is 82.0 cm³/mol. The zero-order chi connectivity index (χ0) is 16.4. The van der Waals surface area contributed by atoms with Crippen LogP contribution in [0.25, 0.3) is 0 Å². The topological polar surface area (TPSA) is 83.1 Å². The zero-order valence-electron chi connectivity index (χ0n) is 13.0. The van der Waals surface area contributed by atoms with Gasteiger partial charge in [0, 0.05) is 24.3 Å². The molecule has 0 saturated carbocycles. The van der Waals surface area contributed by atoms with E-state index >= 15 is 0 Å². The summed E-state index contributed by atoms with van der Waals surface area (Å²) in [4.78, 5) is 13.7. The number of halogens is 1. The molecule has 1 rings (SSSR count). The highest BCUT2D eigenvalue weighted by atomic mass is 35.7. The molecule has 21 heavy (non-hydrogen) atoms. The molecule has 0 aliphatic rings. The van der Waals surface area contributed by atoms with Crippen LogP contribution in [0.15, 0.2) is 4.90 Å². The maximum atomic E-state index is 12.4. The molecule has 0 unspecified atom stereocenters. The number of hydrogen-bond acceptors (Lipinski definition) is 4. The summed E-state index contributed by atoms with van der Waals surface area (Å²) in [6, 6.07) is 0. The first-order chi connectivity index (χ1) is 9.47. The Morgan fingerprint density at radius 1 is 1.38 bits per heavy atom. The lowest BCUT2D eigenvalue weighted by molar-refractivity contribution is 0.0736. The normalized spacial score (nSPS) is 12.5. The second-order valence-corrected chi connectivity index (χ2v) is 8.79. The Labute approximate surface area is 130 Å². The van der Waals surface area contributed by atoms with Gasteiger partial charge in [-0.2, -0.15) is 5.10 Å². The van der Waals surface area contributed by atoms with Gasteiger partial charge < -0.3 is 4.90 Å². The molecule has 0 aliphatic carbocycles. The van der Waals surface area contributed by atoms with E-state index in [9.17, 15) is 13.2 Å². The summed E-state index contributed by atoms with van der Waals surface area (Å²) in [7, 11) is 3.05. The first kappa shape index (κ1) is 18.0. The minimum absolute atomic E-state index is 0.104. The number of nitrogens with one attached hydrogen (secondary N) is 1. The summed E-state index contributed by atoms with van der Waals surface area (Å²) in [6.45, 7) is 8.34. The third-order valence-electron chi connectivity index (χ3n) is 2.80. The first-order valence-corrected chi connectivity index (χ1v) is 9.05. The fourth-order valence-electron chi connectivity index (χ4n) is 2.16. The number of amides is 1. The van der Waals surface area contributed by atoms with E-state index in [0.29, 0.717) is 25.1 Å². The first-order valence-electron chi connectivity index (χ1n) is 6.74. The number of rotatable bonds is 5. The third kappa shape index (κ3) is 4.71. The van der Waals surface area contributed by atoms with Crippen LogP contribution >= 0.6 is 10.7 Å². The van der Waals surface area contributed by atoms with Crippen LogP contribution in [0.2, 0.25) is 0 Å². The minimum Gasteiger partial charge on any atom is -0.340 e. The van der Waals surface area contributed by atoms with Crippen LogP contribution in [0.4, 0.5) is 0 Å². The molecule has 0 fully saturated rings. The van der Waals surface area contributed by atoms with Gasteiger partial charge in [-0.3, -0.25) is 9.89 Å². The highest BCUT2D eigenvalue weighted by molar-refractivity contribution is 8.13. The van der Waals surface area contributed by atoms with Crippen LogP contribution in [0.3, 0.4) is 0 Å². The molecule has 0 bridgehead atoms. The van der Waals surface area contributed by atoms with Crippen molar-refractivity contribution >= 4 is 25.6 Å². The second kappa shape index (κ2) is 6.36. The number of H-pyrrole nitrogens is 1. The molecule has 1 amide bonds. The van der Waals surface area contributed by atoms with Crippen molar-refractivity contribution in [2.45, 2.75) is 45.4 Å². The maximum Gasteiger partial charge on any atom is 0.275 e. The van der Waals surface area contributed by atoms with Crippen molar-refractivity contribution in [3.05, 3.63) is 11.4 Å². The van der Waals surface area contributed by atoms with Crippen molar-refractivity contribution in [2.75, 3.05) is 13.6 Å². The van der Waals surface area contributed by atoms with Crippen molar-refractivity contribution in [3.8, 4) is 0 Å². The number of nitrogens with zero attached hydrogens (tertiary/aromatic N) is 2. The second-order valence-electron chi connectivity index (χ2n) is 6.29. The van der Waals surface area contributed by atoms with Crippen LogP contribution in [-0.4, -0.2) is 43.0 Å². The molecular weight excluding hydrogens is 314 g/mol. The standard InChI is InChI=1S/C13H22ClN3O3S/c1-6-7-9-11(21(14,19)20)10(16-15-9)12(18)17(5)8-13(2,3)4/h6-8H2,1-5H3,(H,15,16). The van der Waals surface area contributed by atoms with Crippen molar-refractivity contribution in [1.29, 1.82) is 0 Å². The van der Waals surface area contributed by atoms with Crippen molar-refractivity contribution in [3.63, 3.8) is 0 Å². The van der Waals surface area contributed by atoms with E-state index in [1.165, 1.54) is 4.90 Å². The van der Waals surface area contributed by atoms with Gasteiger partial charge in [0.15, 0.2) is 5.69 Å². The van der Waals surface area contributed by atoms with E-state index in [0.717, 1.165) is 0 Å². The van der Waals surface area contributed by atoms with Crippen LogP contribution in [0.1, 0.15) is 50.3 Å². The number of aryl methyl sites for hydroxylation is 1. The van der Waals surface area contributed by atoms with Crippen LogP contribution in [-0.2, 0) is 15.5 Å².